The van der Waals surface area contributed by atoms with Gasteiger partial charge in [-0.25, -0.2) is 4.79 Å². The lowest BCUT2D eigenvalue weighted by Gasteiger charge is -2.25. The third kappa shape index (κ3) is 2.52. The van der Waals surface area contributed by atoms with Crippen LogP contribution < -0.4 is 0 Å². The average molecular weight is 319 g/mol. The van der Waals surface area contributed by atoms with Crippen molar-refractivity contribution in [3.8, 4) is 0 Å². The van der Waals surface area contributed by atoms with Crippen LogP contribution in [0.1, 0.15) is 38.9 Å². The van der Waals surface area contributed by atoms with Crippen molar-refractivity contribution in [2.24, 2.45) is 5.92 Å². The third-order valence-corrected chi connectivity index (χ3v) is 3.91. The van der Waals surface area contributed by atoms with Crippen molar-refractivity contribution in [1.82, 2.24) is 15.0 Å². The number of fused-ring (bicyclic) bond motifs is 1. The highest BCUT2D eigenvalue weighted by Crippen LogP contribution is 2.58. The molecule has 2 heterocycles. The highest BCUT2D eigenvalue weighted by Gasteiger charge is 2.65. The van der Waals surface area contributed by atoms with E-state index in [4.69, 9.17) is 4.74 Å². The maximum Gasteiger partial charge on any atom is 0.471 e. The summed E-state index contributed by atoms with van der Waals surface area (Å²) in [7, 11) is 0. The molecule has 2 unspecified atom stereocenters. The van der Waals surface area contributed by atoms with Crippen LogP contribution in [-0.4, -0.2) is 39.8 Å². The Labute approximate surface area is 124 Å². The van der Waals surface area contributed by atoms with E-state index in [0.29, 0.717) is 13.0 Å². The second-order valence-corrected chi connectivity index (χ2v) is 6.84. The van der Waals surface area contributed by atoms with Gasteiger partial charge in [0.1, 0.15) is 5.60 Å². The summed E-state index contributed by atoms with van der Waals surface area (Å²) in [6, 6.07) is 0. The monoisotopic (exact) mass is 319 g/mol. The molecule has 2 fully saturated rings. The lowest BCUT2D eigenvalue weighted by molar-refractivity contribution is -0.159. The SMILES string of the molecule is CC(C)(C)OC(=O)N1CC2CC2(c2noc(C(F)(F)F)n2)C1. The summed E-state index contributed by atoms with van der Waals surface area (Å²) in [6.45, 7) is 5.96. The zero-order valence-corrected chi connectivity index (χ0v) is 12.4. The molecule has 0 spiro atoms. The minimum Gasteiger partial charge on any atom is -0.444 e. The molecule has 122 valence electrons. The molecule has 9 heteroatoms. The van der Waals surface area contributed by atoms with Gasteiger partial charge in [-0.3, -0.25) is 0 Å². The van der Waals surface area contributed by atoms with Gasteiger partial charge in [-0.1, -0.05) is 5.16 Å². The molecule has 0 bridgehead atoms. The number of piperidine rings is 1. The van der Waals surface area contributed by atoms with Gasteiger partial charge < -0.3 is 14.2 Å². The molecule has 1 aromatic heterocycles. The summed E-state index contributed by atoms with van der Waals surface area (Å²) in [4.78, 5) is 17.0. The number of amides is 1. The Morgan fingerprint density at radius 1 is 1.41 bits per heavy atom. The number of alkyl halides is 3. The van der Waals surface area contributed by atoms with E-state index >= 15 is 0 Å². The number of aromatic nitrogens is 2. The van der Waals surface area contributed by atoms with Crippen LogP contribution in [0.25, 0.3) is 0 Å². The Morgan fingerprint density at radius 2 is 2.09 bits per heavy atom. The summed E-state index contributed by atoms with van der Waals surface area (Å²) in [6.07, 6.45) is -4.47. The molecule has 2 aliphatic rings. The number of likely N-dealkylation sites (tertiary alicyclic amines) is 1. The standard InChI is InChI=1S/C13H16F3N3O3/c1-11(2,3)21-10(20)19-5-7-4-12(7,6-19)8-17-9(22-18-8)13(14,15)16/h7H,4-6H2,1-3H3. The quantitative estimate of drug-likeness (QED) is 0.796. The van der Waals surface area contributed by atoms with Crippen molar-refractivity contribution in [2.45, 2.75) is 44.4 Å². The van der Waals surface area contributed by atoms with Crippen molar-refractivity contribution >= 4 is 6.09 Å². The molecule has 1 amide bonds. The predicted molar refractivity (Wildman–Crippen MR) is 66.9 cm³/mol. The van der Waals surface area contributed by atoms with Gasteiger partial charge in [0.2, 0.25) is 0 Å². The summed E-state index contributed by atoms with van der Waals surface area (Å²) in [5, 5.41) is 3.46. The van der Waals surface area contributed by atoms with Crippen molar-refractivity contribution in [1.29, 1.82) is 0 Å². The first kappa shape index (κ1) is 15.1. The highest BCUT2D eigenvalue weighted by molar-refractivity contribution is 5.69. The van der Waals surface area contributed by atoms with Crippen LogP contribution >= 0.6 is 0 Å². The van der Waals surface area contributed by atoms with Crippen molar-refractivity contribution in [3.63, 3.8) is 0 Å². The molecule has 2 atom stereocenters. The second kappa shape index (κ2) is 4.36. The zero-order chi connectivity index (χ0) is 16.3. The fourth-order valence-electron chi connectivity index (χ4n) is 2.84. The van der Waals surface area contributed by atoms with Crippen LogP contribution in [0.2, 0.25) is 0 Å². The first-order valence-corrected chi connectivity index (χ1v) is 6.91. The van der Waals surface area contributed by atoms with Crippen LogP contribution in [0, 0.1) is 5.92 Å². The topological polar surface area (TPSA) is 68.5 Å². The van der Waals surface area contributed by atoms with Gasteiger partial charge in [0.25, 0.3) is 0 Å². The molecule has 1 aromatic rings. The lowest BCUT2D eigenvalue weighted by Crippen LogP contribution is -2.37. The molecule has 1 saturated carbocycles. The molecule has 1 aliphatic heterocycles. The molecule has 0 N–H and O–H groups in total. The molecule has 0 radical (unpaired) electrons. The van der Waals surface area contributed by atoms with Crippen molar-refractivity contribution < 1.29 is 27.2 Å². The third-order valence-electron chi connectivity index (χ3n) is 3.91. The number of carbonyl (C=O) groups is 1. The summed E-state index contributed by atoms with van der Waals surface area (Å²) in [5.74, 6) is -1.27. The van der Waals surface area contributed by atoms with Gasteiger partial charge in [-0.15, -0.1) is 0 Å². The average Bonchev–Trinajstić information content (AvgIpc) is 2.79. The molecule has 0 aromatic carbocycles. The van der Waals surface area contributed by atoms with E-state index in [1.807, 2.05) is 0 Å². The summed E-state index contributed by atoms with van der Waals surface area (Å²) < 4.78 is 47.2. The van der Waals surface area contributed by atoms with Gasteiger partial charge in [0.05, 0.1) is 5.41 Å². The van der Waals surface area contributed by atoms with Crippen molar-refractivity contribution in [2.75, 3.05) is 13.1 Å². The number of rotatable bonds is 1. The number of ether oxygens (including phenoxy) is 1. The van der Waals surface area contributed by atoms with Crippen LogP contribution in [0.3, 0.4) is 0 Å². The Bertz CT molecular complexity index is 608. The lowest BCUT2D eigenvalue weighted by atomic mass is 10.1. The number of nitrogens with zero attached hydrogens (tertiary/aromatic N) is 3. The number of hydrogen-bond acceptors (Lipinski definition) is 5. The Hall–Kier alpha value is -1.80. The summed E-state index contributed by atoms with van der Waals surface area (Å²) in [5.41, 5.74) is -1.24. The maximum absolute atomic E-state index is 12.5. The maximum atomic E-state index is 12.5. The Morgan fingerprint density at radius 3 is 2.64 bits per heavy atom. The minimum absolute atomic E-state index is 0.0240. The summed E-state index contributed by atoms with van der Waals surface area (Å²) >= 11 is 0. The molecule has 22 heavy (non-hydrogen) atoms. The van der Waals surface area contributed by atoms with Gasteiger partial charge in [0.15, 0.2) is 5.82 Å². The van der Waals surface area contributed by atoms with Crippen molar-refractivity contribution in [3.05, 3.63) is 11.7 Å². The molecular formula is C13H16F3N3O3. The molecule has 1 saturated heterocycles. The largest absolute Gasteiger partial charge is 0.471 e. The van der Waals surface area contributed by atoms with Crippen LogP contribution in [-0.2, 0) is 16.3 Å². The van der Waals surface area contributed by atoms with Gasteiger partial charge in [-0.2, -0.15) is 18.2 Å². The Kier molecular flexibility index (Phi) is 2.99. The number of carbonyl (C=O) groups excluding carboxylic acids is 1. The predicted octanol–water partition coefficient (Wildman–Crippen LogP) is 2.60. The van der Waals surface area contributed by atoms with E-state index in [1.54, 1.807) is 20.8 Å². The van der Waals surface area contributed by atoms with Gasteiger partial charge in [-0.05, 0) is 33.1 Å². The molecule has 3 rings (SSSR count). The zero-order valence-electron chi connectivity index (χ0n) is 12.4. The normalized spacial score (nSPS) is 27.7. The smallest absolute Gasteiger partial charge is 0.444 e. The Balaban J connectivity index is 1.72. The number of hydrogen-bond donors (Lipinski definition) is 0. The first-order valence-electron chi connectivity index (χ1n) is 6.91. The van der Waals surface area contributed by atoms with Crippen LogP contribution in [0.15, 0.2) is 4.52 Å². The fraction of sp³-hybridized carbons (Fsp3) is 0.769. The van der Waals surface area contributed by atoms with Gasteiger partial charge in [0, 0.05) is 13.1 Å². The van der Waals surface area contributed by atoms with E-state index in [1.165, 1.54) is 4.90 Å². The molecule has 1 aliphatic carbocycles. The minimum atomic E-state index is -4.66. The van der Waals surface area contributed by atoms with E-state index in [0.717, 1.165) is 0 Å². The second-order valence-electron chi connectivity index (χ2n) is 6.84. The van der Waals surface area contributed by atoms with E-state index in [9.17, 15) is 18.0 Å². The van der Waals surface area contributed by atoms with Crippen LogP contribution in [0.5, 0.6) is 0 Å². The highest BCUT2D eigenvalue weighted by atomic mass is 19.4. The molecular weight excluding hydrogens is 303 g/mol. The fourth-order valence-corrected chi connectivity index (χ4v) is 2.84. The van der Waals surface area contributed by atoms with E-state index < -0.39 is 29.2 Å². The first-order chi connectivity index (χ1) is 10.0. The molecule has 6 nitrogen and oxygen atoms in total. The number of halogens is 3. The van der Waals surface area contributed by atoms with E-state index in [2.05, 4.69) is 14.7 Å². The van der Waals surface area contributed by atoms with E-state index in [-0.39, 0.29) is 18.3 Å². The van der Waals surface area contributed by atoms with Crippen LogP contribution in [0.4, 0.5) is 18.0 Å². The van der Waals surface area contributed by atoms with Gasteiger partial charge >= 0.3 is 18.2 Å².